The number of amides is 1. The van der Waals surface area contributed by atoms with Crippen LogP contribution in [-0.4, -0.2) is 36.0 Å². The zero-order chi connectivity index (χ0) is 13.4. The molecule has 0 aliphatic heterocycles. The van der Waals surface area contributed by atoms with Crippen LogP contribution in [0.15, 0.2) is 0 Å². The topological polar surface area (TPSA) is 64.9 Å². The second kappa shape index (κ2) is 7.65. The molecule has 2 unspecified atom stereocenters. The van der Waals surface area contributed by atoms with E-state index in [0.29, 0.717) is 11.0 Å². The van der Waals surface area contributed by atoms with Gasteiger partial charge in [-0.05, 0) is 39.2 Å². The number of nitriles is 1. The highest BCUT2D eigenvalue weighted by Crippen LogP contribution is 2.34. The molecule has 0 bridgehead atoms. The lowest BCUT2D eigenvalue weighted by Gasteiger charge is -2.35. The first-order chi connectivity index (χ1) is 8.65. The summed E-state index contributed by atoms with van der Waals surface area (Å²) in [5.74, 6) is 0.620. The monoisotopic (exact) mass is 269 g/mol. The molecule has 0 saturated heterocycles. The largest absolute Gasteiger partial charge is 0.355 e. The summed E-state index contributed by atoms with van der Waals surface area (Å²) in [6.45, 7) is 2.80. The van der Waals surface area contributed by atoms with Crippen LogP contribution >= 0.6 is 11.8 Å². The lowest BCUT2D eigenvalue weighted by molar-refractivity contribution is -0.118. The van der Waals surface area contributed by atoms with Crippen LogP contribution in [0.3, 0.4) is 0 Å². The van der Waals surface area contributed by atoms with Crippen LogP contribution in [0, 0.1) is 11.3 Å². The summed E-state index contributed by atoms with van der Waals surface area (Å²) in [6, 6.07) is 2.39. The molecule has 1 aliphatic carbocycles. The molecule has 1 saturated carbocycles. The Labute approximate surface area is 114 Å². The maximum absolute atomic E-state index is 11.5. The first-order valence-electron chi connectivity index (χ1n) is 6.64. The van der Waals surface area contributed by atoms with Gasteiger partial charge < -0.3 is 10.6 Å². The Morgan fingerprint density at radius 2 is 2.39 bits per heavy atom. The molecule has 18 heavy (non-hydrogen) atoms. The van der Waals surface area contributed by atoms with Gasteiger partial charge in [0.25, 0.3) is 0 Å². The van der Waals surface area contributed by atoms with Gasteiger partial charge in [-0.2, -0.15) is 5.26 Å². The summed E-state index contributed by atoms with van der Waals surface area (Å²) in [7, 11) is 1.85. The number of thioether (sulfide) groups is 1. The molecular formula is C13H23N3OS. The molecule has 2 atom stereocenters. The number of nitrogens with zero attached hydrogens (tertiary/aromatic N) is 1. The van der Waals surface area contributed by atoms with Gasteiger partial charge in [-0.3, -0.25) is 4.79 Å². The molecule has 5 heteroatoms. The summed E-state index contributed by atoms with van der Waals surface area (Å²) in [5.41, 5.74) is -0.379. The van der Waals surface area contributed by atoms with Crippen molar-refractivity contribution in [1.82, 2.24) is 10.6 Å². The number of carbonyl (C=O) groups excluding carboxylic acids is 1. The van der Waals surface area contributed by atoms with Crippen LogP contribution in [0.4, 0.5) is 0 Å². The quantitative estimate of drug-likeness (QED) is 0.770. The normalized spacial score (nSPS) is 27.5. The standard InChI is InChI=1S/C13H23N3OS/c1-3-7-16-12(17)9-18-11-5-4-6-13(8-11,10-14)15-2/h11,15H,3-9H2,1-2H3,(H,16,17). The molecular weight excluding hydrogens is 246 g/mol. The van der Waals surface area contributed by atoms with Gasteiger partial charge >= 0.3 is 0 Å². The van der Waals surface area contributed by atoms with E-state index in [2.05, 4.69) is 16.7 Å². The Morgan fingerprint density at radius 1 is 1.61 bits per heavy atom. The fourth-order valence-electron chi connectivity index (χ4n) is 2.26. The summed E-state index contributed by atoms with van der Waals surface area (Å²) in [6.07, 6.45) is 4.89. The van der Waals surface area contributed by atoms with Gasteiger partial charge in [-0.1, -0.05) is 6.92 Å². The van der Waals surface area contributed by atoms with E-state index in [1.54, 1.807) is 11.8 Å². The van der Waals surface area contributed by atoms with Gasteiger partial charge in [-0.25, -0.2) is 0 Å². The zero-order valence-corrected chi connectivity index (χ0v) is 12.1. The van der Waals surface area contributed by atoms with E-state index in [0.717, 1.165) is 38.6 Å². The molecule has 0 aromatic rings. The van der Waals surface area contributed by atoms with E-state index < -0.39 is 0 Å². The summed E-state index contributed by atoms with van der Waals surface area (Å²) in [4.78, 5) is 11.5. The highest BCUT2D eigenvalue weighted by atomic mass is 32.2. The Balaban J connectivity index is 2.35. The smallest absolute Gasteiger partial charge is 0.230 e. The average Bonchev–Trinajstić information content (AvgIpc) is 2.43. The molecule has 0 radical (unpaired) electrons. The molecule has 0 spiro atoms. The van der Waals surface area contributed by atoms with Crippen molar-refractivity contribution in [3.05, 3.63) is 0 Å². The molecule has 102 valence electrons. The lowest BCUT2D eigenvalue weighted by atomic mass is 9.83. The van der Waals surface area contributed by atoms with Crippen LogP contribution in [0.2, 0.25) is 0 Å². The second-order valence-electron chi connectivity index (χ2n) is 4.82. The number of hydrogen-bond donors (Lipinski definition) is 2. The van der Waals surface area contributed by atoms with Crippen molar-refractivity contribution >= 4 is 17.7 Å². The third-order valence-corrected chi connectivity index (χ3v) is 4.72. The lowest BCUT2D eigenvalue weighted by Crippen LogP contribution is -2.46. The summed E-state index contributed by atoms with van der Waals surface area (Å²) >= 11 is 1.69. The minimum absolute atomic E-state index is 0.111. The zero-order valence-electron chi connectivity index (χ0n) is 11.3. The summed E-state index contributed by atoms with van der Waals surface area (Å²) in [5, 5.41) is 15.7. The highest BCUT2D eigenvalue weighted by Gasteiger charge is 2.35. The van der Waals surface area contributed by atoms with E-state index in [9.17, 15) is 10.1 Å². The van der Waals surface area contributed by atoms with E-state index in [4.69, 9.17) is 0 Å². The third-order valence-electron chi connectivity index (χ3n) is 3.42. The highest BCUT2D eigenvalue weighted by molar-refractivity contribution is 8.00. The van der Waals surface area contributed by atoms with E-state index in [-0.39, 0.29) is 11.4 Å². The van der Waals surface area contributed by atoms with Crippen molar-refractivity contribution in [3.8, 4) is 6.07 Å². The maximum Gasteiger partial charge on any atom is 0.230 e. The van der Waals surface area contributed by atoms with Crippen LogP contribution in [-0.2, 0) is 4.79 Å². The van der Waals surface area contributed by atoms with Crippen molar-refractivity contribution in [2.75, 3.05) is 19.3 Å². The third kappa shape index (κ3) is 4.51. The van der Waals surface area contributed by atoms with Crippen molar-refractivity contribution < 1.29 is 4.79 Å². The van der Waals surface area contributed by atoms with Crippen LogP contribution < -0.4 is 10.6 Å². The van der Waals surface area contributed by atoms with E-state index in [1.807, 2.05) is 14.0 Å². The van der Waals surface area contributed by atoms with Crippen molar-refractivity contribution in [2.24, 2.45) is 0 Å². The predicted octanol–water partition coefficient (Wildman–Crippen LogP) is 1.67. The molecule has 1 rings (SSSR count). The minimum Gasteiger partial charge on any atom is -0.355 e. The van der Waals surface area contributed by atoms with Crippen molar-refractivity contribution in [2.45, 2.75) is 49.8 Å². The minimum atomic E-state index is -0.379. The van der Waals surface area contributed by atoms with Crippen LogP contribution in [0.25, 0.3) is 0 Å². The molecule has 4 nitrogen and oxygen atoms in total. The first-order valence-corrected chi connectivity index (χ1v) is 7.69. The molecule has 1 fully saturated rings. The van der Waals surface area contributed by atoms with Crippen LogP contribution in [0.1, 0.15) is 39.0 Å². The Hall–Kier alpha value is -0.730. The number of nitrogens with one attached hydrogen (secondary N) is 2. The van der Waals surface area contributed by atoms with E-state index >= 15 is 0 Å². The van der Waals surface area contributed by atoms with Gasteiger partial charge in [0.05, 0.1) is 11.8 Å². The SMILES string of the molecule is CCCNC(=O)CSC1CCCC(C#N)(NC)C1. The fraction of sp³-hybridized carbons (Fsp3) is 0.846. The van der Waals surface area contributed by atoms with Gasteiger partial charge in [0.1, 0.15) is 5.54 Å². The van der Waals surface area contributed by atoms with Crippen molar-refractivity contribution in [1.29, 1.82) is 5.26 Å². The predicted molar refractivity (Wildman–Crippen MR) is 75.4 cm³/mol. The Bertz CT molecular complexity index is 316. The first kappa shape index (κ1) is 15.3. The maximum atomic E-state index is 11.5. The number of carbonyl (C=O) groups is 1. The fourth-order valence-corrected chi connectivity index (χ4v) is 3.48. The molecule has 0 heterocycles. The molecule has 0 aromatic carbocycles. The second-order valence-corrected chi connectivity index (χ2v) is 6.11. The van der Waals surface area contributed by atoms with E-state index in [1.165, 1.54) is 0 Å². The Morgan fingerprint density at radius 3 is 3.00 bits per heavy atom. The van der Waals surface area contributed by atoms with Crippen LogP contribution in [0.5, 0.6) is 0 Å². The van der Waals surface area contributed by atoms with Gasteiger partial charge in [0.15, 0.2) is 0 Å². The average molecular weight is 269 g/mol. The summed E-state index contributed by atoms with van der Waals surface area (Å²) < 4.78 is 0. The number of rotatable bonds is 6. The van der Waals surface area contributed by atoms with Gasteiger partial charge in [-0.15, -0.1) is 11.8 Å². The number of hydrogen-bond acceptors (Lipinski definition) is 4. The molecule has 1 aliphatic rings. The Kier molecular flexibility index (Phi) is 6.51. The van der Waals surface area contributed by atoms with Crippen molar-refractivity contribution in [3.63, 3.8) is 0 Å². The van der Waals surface area contributed by atoms with Gasteiger partial charge in [0.2, 0.25) is 5.91 Å². The molecule has 0 aromatic heterocycles. The molecule has 1 amide bonds. The van der Waals surface area contributed by atoms with Gasteiger partial charge in [0, 0.05) is 11.8 Å². The molecule has 2 N–H and O–H groups in total.